The van der Waals surface area contributed by atoms with Crippen LogP contribution in [0, 0.1) is 31.8 Å². The molecular weight excluding hydrogens is 336 g/mol. The molecule has 4 bridgehead atoms. The lowest BCUT2D eigenvalue weighted by molar-refractivity contribution is -0.761. The summed E-state index contributed by atoms with van der Waals surface area (Å²) in [5.41, 5.74) is -0.418. The summed E-state index contributed by atoms with van der Waals surface area (Å²) in [5, 5.41) is 13.1. The summed E-state index contributed by atoms with van der Waals surface area (Å²) in [7, 11) is 0. The van der Waals surface area contributed by atoms with E-state index in [2.05, 4.69) is 19.2 Å². The van der Waals surface area contributed by atoms with Crippen molar-refractivity contribution >= 4 is 6.09 Å². The first kappa shape index (κ1) is 19.2. The number of nitrogens with one attached hydrogen (secondary N) is 1. The Hall–Kier alpha value is -1.53. The van der Waals surface area contributed by atoms with Crippen LogP contribution in [-0.2, 0) is 9.57 Å². The van der Waals surface area contributed by atoms with Gasteiger partial charge in [0.15, 0.2) is 0 Å². The highest BCUT2D eigenvalue weighted by Gasteiger charge is 2.65. The van der Waals surface area contributed by atoms with E-state index in [-0.39, 0.29) is 34.4 Å². The monoisotopic (exact) mass is 368 g/mol. The summed E-state index contributed by atoms with van der Waals surface area (Å²) in [6, 6.07) is 0. The Kier molecular flexibility index (Phi) is 4.24. The van der Waals surface area contributed by atoms with Crippen LogP contribution in [0.4, 0.5) is 4.79 Å². The molecule has 7 heteroatoms. The van der Waals surface area contributed by atoms with Gasteiger partial charge in [0.2, 0.25) is 0 Å². The normalized spacial score (nSPS) is 41.0. The number of hydrogen-bond acceptors (Lipinski definition) is 5. The minimum atomic E-state index is -0.672. The van der Waals surface area contributed by atoms with Crippen molar-refractivity contribution in [1.82, 2.24) is 5.32 Å². The summed E-state index contributed by atoms with van der Waals surface area (Å²) < 4.78 is 5.39. The van der Waals surface area contributed by atoms with E-state index in [1.165, 1.54) is 0 Å². The zero-order valence-corrected chi connectivity index (χ0v) is 16.6. The molecule has 26 heavy (non-hydrogen) atoms. The van der Waals surface area contributed by atoms with E-state index >= 15 is 0 Å². The van der Waals surface area contributed by atoms with E-state index in [0.717, 1.165) is 38.5 Å². The first-order chi connectivity index (χ1) is 11.8. The molecule has 4 rings (SSSR count). The van der Waals surface area contributed by atoms with Crippen LogP contribution < -0.4 is 5.32 Å². The summed E-state index contributed by atoms with van der Waals surface area (Å²) >= 11 is 0. The predicted molar refractivity (Wildman–Crippen MR) is 96.0 cm³/mol. The minimum absolute atomic E-state index is 0.0326. The molecule has 0 aromatic rings. The third-order valence-electron chi connectivity index (χ3n) is 6.29. The van der Waals surface area contributed by atoms with Gasteiger partial charge in [0.25, 0.3) is 5.09 Å². The molecule has 0 saturated heterocycles. The number of carbonyl (C=O) groups is 1. The average Bonchev–Trinajstić information content (AvgIpc) is 2.37. The van der Waals surface area contributed by atoms with Crippen LogP contribution in [0.25, 0.3) is 0 Å². The third-order valence-corrected chi connectivity index (χ3v) is 6.29. The smallest absolute Gasteiger partial charge is 0.407 e. The molecule has 0 aliphatic heterocycles. The summed E-state index contributed by atoms with van der Waals surface area (Å²) in [4.78, 5) is 27.8. The van der Waals surface area contributed by atoms with Crippen molar-refractivity contribution in [3.8, 4) is 0 Å². The van der Waals surface area contributed by atoms with Gasteiger partial charge >= 0.3 is 6.09 Å². The Bertz CT molecular complexity index is 594. The second-order valence-corrected chi connectivity index (χ2v) is 11.0. The lowest BCUT2D eigenvalue weighted by Gasteiger charge is -2.69. The molecule has 0 aromatic heterocycles. The quantitative estimate of drug-likeness (QED) is 0.583. The molecule has 1 amide bonds. The van der Waals surface area contributed by atoms with Gasteiger partial charge in [-0.2, -0.15) is 0 Å². The van der Waals surface area contributed by atoms with Gasteiger partial charge in [-0.3, -0.25) is 0 Å². The fraction of sp³-hybridized carbons (Fsp3) is 0.947. The average molecular weight is 368 g/mol. The van der Waals surface area contributed by atoms with Gasteiger partial charge in [0.1, 0.15) is 12.2 Å². The number of rotatable bonds is 5. The van der Waals surface area contributed by atoms with Gasteiger partial charge in [-0.1, -0.05) is 13.8 Å². The van der Waals surface area contributed by atoms with Crippen LogP contribution in [0.5, 0.6) is 0 Å². The van der Waals surface area contributed by atoms with Crippen LogP contribution in [0.3, 0.4) is 0 Å². The molecule has 4 aliphatic carbocycles. The largest absolute Gasteiger partial charge is 0.444 e. The second-order valence-electron chi connectivity index (χ2n) is 11.0. The summed E-state index contributed by atoms with van der Waals surface area (Å²) in [6.45, 7) is 10.9. The fourth-order valence-electron chi connectivity index (χ4n) is 7.30. The van der Waals surface area contributed by atoms with E-state index in [1.807, 2.05) is 20.8 Å². The molecule has 0 aromatic carbocycles. The lowest BCUT2D eigenvalue weighted by atomic mass is 9.36. The van der Waals surface area contributed by atoms with E-state index in [0.29, 0.717) is 6.54 Å². The number of carbonyl (C=O) groups excluding carboxylic acids is 1. The van der Waals surface area contributed by atoms with Gasteiger partial charge in [-0.25, -0.2) is 4.79 Å². The fourth-order valence-corrected chi connectivity index (χ4v) is 7.30. The van der Waals surface area contributed by atoms with Crippen molar-refractivity contribution in [3.05, 3.63) is 10.1 Å². The highest BCUT2D eigenvalue weighted by atomic mass is 16.9. The van der Waals surface area contributed by atoms with Crippen LogP contribution in [0.1, 0.15) is 73.1 Å². The number of ether oxygens (including phenoxy) is 1. The minimum Gasteiger partial charge on any atom is -0.444 e. The zero-order valence-electron chi connectivity index (χ0n) is 16.6. The molecular formula is C19H32N2O5. The highest BCUT2D eigenvalue weighted by Crippen LogP contribution is 2.73. The maximum Gasteiger partial charge on any atom is 0.407 e. The number of alkyl carbamates (subject to hydrolysis) is 1. The standard InChI is InChI=1S/C19H32N2O5/c1-15(2,3)26-14(22)20-12-18-7-16(4)6-17(5,8-18)10-19(9-16,11-18)13-25-21(23)24/h6-13H2,1-5H3,(H,20,22). The molecule has 4 aliphatic rings. The van der Waals surface area contributed by atoms with Crippen LogP contribution in [-0.4, -0.2) is 29.9 Å². The molecule has 7 nitrogen and oxygen atoms in total. The maximum absolute atomic E-state index is 12.2. The molecule has 4 saturated carbocycles. The molecule has 0 radical (unpaired) electrons. The Balaban J connectivity index is 1.77. The summed E-state index contributed by atoms with van der Waals surface area (Å²) in [5.74, 6) is 0. The number of nitrogens with zero attached hydrogens (tertiary/aromatic N) is 1. The van der Waals surface area contributed by atoms with Gasteiger partial charge in [-0.05, 0) is 81.0 Å². The summed E-state index contributed by atoms with van der Waals surface area (Å²) in [6.07, 6.45) is 5.66. The van der Waals surface area contributed by atoms with Crippen molar-refractivity contribution in [3.63, 3.8) is 0 Å². The zero-order chi connectivity index (χ0) is 19.4. The van der Waals surface area contributed by atoms with Crippen molar-refractivity contribution in [2.45, 2.75) is 78.7 Å². The van der Waals surface area contributed by atoms with Crippen molar-refractivity contribution in [1.29, 1.82) is 0 Å². The Morgan fingerprint density at radius 1 is 1.04 bits per heavy atom. The van der Waals surface area contributed by atoms with Crippen LogP contribution >= 0.6 is 0 Å². The van der Waals surface area contributed by atoms with Gasteiger partial charge in [-0.15, -0.1) is 10.1 Å². The molecule has 1 N–H and O–H groups in total. The molecule has 0 spiro atoms. The third kappa shape index (κ3) is 3.91. The van der Waals surface area contributed by atoms with Gasteiger partial charge in [0.05, 0.1) is 0 Å². The van der Waals surface area contributed by atoms with Gasteiger partial charge in [0, 0.05) is 6.54 Å². The van der Waals surface area contributed by atoms with Crippen molar-refractivity contribution < 1.29 is 19.5 Å². The Morgan fingerprint density at radius 2 is 1.58 bits per heavy atom. The lowest BCUT2D eigenvalue weighted by Crippen LogP contribution is -2.63. The predicted octanol–water partition coefficient (Wildman–Crippen LogP) is 4.09. The van der Waals surface area contributed by atoms with Gasteiger partial charge < -0.3 is 14.9 Å². The van der Waals surface area contributed by atoms with E-state index in [4.69, 9.17) is 9.57 Å². The van der Waals surface area contributed by atoms with E-state index < -0.39 is 10.7 Å². The number of hydrogen-bond donors (Lipinski definition) is 1. The molecule has 2 atom stereocenters. The maximum atomic E-state index is 12.2. The Morgan fingerprint density at radius 3 is 2.08 bits per heavy atom. The van der Waals surface area contributed by atoms with Crippen molar-refractivity contribution in [2.75, 3.05) is 13.2 Å². The molecule has 4 fully saturated rings. The van der Waals surface area contributed by atoms with E-state index in [1.54, 1.807) is 0 Å². The van der Waals surface area contributed by atoms with Crippen LogP contribution in [0.15, 0.2) is 0 Å². The van der Waals surface area contributed by atoms with Crippen molar-refractivity contribution in [2.24, 2.45) is 21.7 Å². The second kappa shape index (κ2) is 5.73. The molecule has 148 valence electrons. The van der Waals surface area contributed by atoms with Crippen LogP contribution in [0.2, 0.25) is 0 Å². The first-order valence-electron chi connectivity index (χ1n) is 9.50. The van der Waals surface area contributed by atoms with E-state index in [9.17, 15) is 14.9 Å². The topological polar surface area (TPSA) is 90.7 Å². The SMILES string of the molecule is CC12CC3(C)CC(CNC(=O)OC(C)(C)C)(C1)CC(CO[N+](=O)[O-])(C2)C3. The first-order valence-corrected chi connectivity index (χ1v) is 9.50. The number of amides is 1. The Labute approximate surface area is 155 Å². The highest BCUT2D eigenvalue weighted by molar-refractivity contribution is 5.67. The molecule has 2 unspecified atom stereocenters. The molecule has 0 heterocycles.